The maximum atomic E-state index is 13.2. The van der Waals surface area contributed by atoms with Crippen LogP contribution in [0.2, 0.25) is 0 Å². The van der Waals surface area contributed by atoms with Gasteiger partial charge in [-0.2, -0.15) is 0 Å². The Morgan fingerprint density at radius 1 is 1.03 bits per heavy atom. The highest BCUT2D eigenvalue weighted by molar-refractivity contribution is 6.05. The molecule has 30 heavy (non-hydrogen) atoms. The van der Waals surface area contributed by atoms with Gasteiger partial charge >= 0.3 is 0 Å². The summed E-state index contributed by atoms with van der Waals surface area (Å²) >= 11 is 0. The zero-order valence-corrected chi connectivity index (χ0v) is 17.5. The highest BCUT2D eigenvalue weighted by Gasteiger charge is 2.30. The Kier molecular flexibility index (Phi) is 6.57. The van der Waals surface area contributed by atoms with E-state index in [-0.39, 0.29) is 11.9 Å². The molecule has 0 spiro atoms. The molecule has 0 unspecified atom stereocenters. The molecule has 6 nitrogen and oxygen atoms in total. The van der Waals surface area contributed by atoms with Gasteiger partial charge in [-0.25, -0.2) is 4.98 Å². The summed E-state index contributed by atoms with van der Waals surface area (Å²) in [7, 11) is 0. The lowest BCUT2D eigenvalue weighted by molar-refractivity contribution is -1.02. The van der Waals surface area contributed by atoms with Crippen molar-refractivity contribution in [3.63, 3.8) is 0 Å². The van der Waals surface area contributed by atoms with Crippen molar-refractivity contribution < 1.29 is 19.0 Å². The summed E-state index contributed by atoms with van der Waals surface area (Å²) in [5, 5.41) is 0. The minimum absolute atomic E-state index is 0.0352. The molecule has 1 saturated heterocycles. The van der Waals surface area contributed by atoms with Crippen LogP contribution < -0.4 is 14.7 Å². The van der Waals surface area contributed by atoms with Crippen LogP contribution in [0.15, 0.2) is 77.7 Å². The molecule has 1 aliphatic heterocycles. The van der Waals surface area contributed by atoms with Crippen LogP contribution in [0.4, 0.5) is 5.82 Å². The van der Waals surface area contributed by atoms with Gasteiger partial charge in [0.2, 0.25) is 0 Å². The highest BCUT2D eigenvalue weighted by atomic mass is 16.3. The quantitative estimate of drug-likeness (QED) is 0.607. The first-order valence-corrected chi connectivity index (χ1v) is 10.7. The monoisotopic (exact) mass is 406 g/mol. The number of pyridine rings is 1. The number of anilines is 1. The number of nitrogens with one attached hydrogen (secondary N) is 2. The van der Waals surface area contributed by atoms with Gasteiger partial charge in [0, 0.05) is 11.8 Å². The van der Waals surface area contributed by atoms with Crippen molar-refractivity contribution in [2.24, 2.45) is 0 Å². The van der Waals surface area contributed by atoms with Gasteiger partial charge in [-0.15, -0.1) is 0 Å². The first-order valence-electron chi connectivity index (χ1n) is 10.7. The molecule has 1 fully saturated rings. The normalized spacial score (nSPS) is 19.9. The molecule has 6 heteroatoms. The first kappa shape index (κ1) is 20.3. The molecule has 4 rings (SSSR count). The summed E-state index contributed by atoms with van der Waals surface area (Å²) in [4.78, 5) is 22.6. The first-order chi connectivity index (χ1) is 14.7. The van der Waals surface area contributed by atoms with Crippen LogP contribution in [0.3, 0.4) is 0 Å². The van der Waals surface area contributed by atoms with E-state index in [1.807, 2.05) is 18.2 Å². The lowest BCUT2D eigenvalue weighted by Gasteiger charge is -2.34. The molecule has 3 heterocycles. The second-order valence-corrected chi connectivity index (χ2v) is 8.09. The zero-order chi connectivity index (χ0) is 20.8. The van der Waals surface area contributed by atoms with E-state index in [4.69, 9.17) is 4.42 Å². The largest absolute Gasteiger partial charge is 0.472 e. The van der Waals surface area contributed by atoms with Crippen LogP contribution in [-0.2, 0) is 6.54 Å². The number of piperazine rings is 1. The lowest BCUT2D eigenvalue weighted by Crippen LogP contribution is -3.28. The average Bonchev–Trinajstić information content (AvgIpc) is 3.32. The van der Waals surface area contributed by atoms with Crippen LogP contribution in [0.25, 0.3) is 0 Å². The summed E-state index contributed by atoms with van der Waals surface area (Å²) in [5.41, 5.74) is 1.95. The van der Waals surface area contributed by atoms with Gasteiger partial charge in [0.15, 0.2) is 0 Å². The molecule has 1 atom stereocenters. The molecule has 2 N–H and O–H groups in total. The fourth-order valence-electron chi connectivity index (χ4n) is 4.28. The predicted molar refractivity (Wildman–Crippen MR) is 116 cm³/mol. The number of carbonyl (C=O) groups excluding carboxylic acids is 1. The SMILES string of the molecule is C[C@H](C[NH+]1CC[NH+](Cc2ccccc2)CC1)N(C(=O)c1ccoc1)c1ccccn1. The Balaban J connectivity index is 1.38. The standard InChI is InChI=1S/C24H28N4O2/c1-20(17-26-12-14-27(15-13-26)18-21-7-3-2-4-8-21)28(23-9-5-6-11-25-23)24(29)22-10-16-30-19-22/h2-11,16,19-20H,12-15,17-18H2,1H3/p+2/t20-/m1/s1. The minimum Gasteiger partial charge on any atom is -0.472 e. The summed E-state index contributed by atoms with van der Waals surface area (Å²) in [6.07, 6.45) is 4.77. The number of carbonyl (C=O) groups is 1. The van der Waals surface area contributed by atoms with Gasteiger partial charge in [-0.1, -0.05) is 36.4 Å². The predicted octanol–water partition coefficient (Wildman–Crippen LogP) is 0.694. The van der Waals surface area contributed by atoms with Crippen molar-refractivity contribution in [1.82, 2.24) is 4.98 Å². The smallest absolute Gasteiger partial charge is 0.263 e. The summed E-state index contributed by atoms with van der Waals surface area (Å²) in [5.74, 6) is 0.617. The molecule has 0 radical (unpaired) electrons. The highest BCUT2D eigenvalue weighted by Crippen LogP contribution is 2.17. The van der Waals surface area contributed by atoms with Crippen molar-refractivity contribution >= 4 is 11.7 Å². The Hall–Kier alpha value is -2.96. The molecule has 1 aliphatic rings. The number of amides is 1. The van der Waals surface area contributed by atoms with Crippen LogP contribution in [0.5, 0.6) is 0 Å². The summed E-state index contributed by atoms with van der Waals surface area (Å²) < 4.78 is 5.14. The van der Waals surface area contributed by atoms with E-state index in [0.29, 0.717) is 11.4 Å². The number of rotatable bonds is 7. The van der Waals surface area contributed by atoms with E-state index in [9.17, 15) is 4.79 Å². The lowest BCUT2D eigenvalue weighted by atomic mass is 10.1. The Morgan fingerprint density at radius 3 is 2.43 bits per heavy atom. The van der Waals surface area contributed by atoms with E-state index in [1.54, 1.807) is 27.0 Å². The number of benzene rings is 1. The van der Waals surface area contributed by atoms with Gasteiger partial charge in [-0.05, 0) is 25.1 Å². The second-order valence-electron chi connectivity index (χ2n) is 8.09. The molecular formula is C24H30N4O2+2. The number of furan rings is 1. The molecule has 1 amide bonds. The average molecular weight is 407 g/mol. The number of aromatic nitrogens is 1. The van der Waals surface area contributed by atoms with E-state index in [0.717, 1.165) is 39.3 Å². The molecular weight excluding hydrogens is 376 g/mol. The molecule has 0 aliphatic carbocycles. The van der Waals surface area contributed by atoms with Gasteiger partial charge in [-0.3, -0.25) is 9.69 Å². The van der Waals surface area contributed by atoms with Crippen LogP contribution in [-0.4, -0.2) is 49.7 Å². The van der Waals surface area contributed by atoms with Crippen LogP contribution in [0, 0.1) is 0 Å². The van der Waals surface area contributed by atoms with Crippen molar-refractivity contribution in [2.75, 3.05) is 37.6 Å². The van der Waals surface area contributed by atoms with Gasteiger partial charge in [0.05, 0.1) is 24.4 Å². The van der Waals surface area contributed by atoms with E-state index >= 15 is 0 Å². The minimum atomic E-state index is -0.0670. The molecule has 1 aromatic carbocycles. The van der Waals surface area contributed by atoms with Gasteiger partial charge in [0.25, 0.3) is 5.91 Å². The van der Waals surface area contributed by atoms with Crippen molar-refractivity contribution in [2.45, 2.75) is 19.5 Å². The molecule has 2 aromatic heterocycles. The van der Waals surface area contributed by atoms with Gasteiger partial charge < -0.3 is 14.2 Å². The number of hydrogen-bond acceptors (Lipinski definition) is 3. The number of nitrogens with zero attached hydrogens (tertiary/aromatic N) is 2. The summed E-state index contributed by atoms with van der Waals surface area (Å²) in [6, 6.07) is 18.1. The Bertz CT molecular complexity index is 907. The van der Waals surface area contributed by atoms with Crippen molar-refractivity contribution in [1.29, 1.82) is 0 Å². The topological polar surface area (TPSA) is 55.2 Å². The Morgan fingerprint density at radius 2 is 1.77 bits per heavy atom. The summed E-state index contributed by atoms with van der Waals surface area (Å²) in [6.45, 7) is 8.63. The third-order valence-corrected chi connectivity index (χ3v) is 5.87. The fraction of sp³-hybridized carbons (Fsp3) is 0.333. The number of quaternary nitrogens is 2. The maximum Gasteiger partial charge on any atom is 0.263 e. The van der Waals surface area contributed by atoms with Crippen molar-refractivity contribution in [3.8, 4) is 0 Å². The Labute approximate surface area is 177 Å². The molecule has 0 bridgehead atoms. The molecule has 156 valence electrons. The van der Waals surface area contributed by atoms with Crippen LogP contribution >= 0.6 is 0 Å². The fourth-order valence-corrected chi connectivity index (χ4v) is 4.28. The van der Waals surface area contributed by atoms with E-state index in [2.05, 4.69) is 42.2 Å². The van der Waals surface area contributed by atoms with Crippen molar-refractivity contribution in [3.05, 3.63) is 84.4 Å². The second kappa shape index (κ2) is 9.69. The van der Waals surface area contributed by atoms with Gasteiger partial charge in [0.1, 0.15) is 44.8 Å². The van der Waals surface area contributed by atoms with E-state index in [1.165, 1.54) is 18.1 Å². The molecule has 3 aromatic rings. The maximum absolute atomic E-state index is 13.2. The third-order valence-electron chi connectivity index (χ3n) is 5.87. The van der Waals surface area contributed by atoms with Crippen LogP contribution in [0.1, 0.15) is 22.8 Å². The zero-order valence-electron chi connectivity index (χ0n) is 17.5. The number of hydrogen-bond donors (Lipinski definition) is 2. The third kappa shape index (κ3) is 4.96. The molecule has 0 saturated carbocycles. The van der Waals surface area contributed by atoms with E-state index < -0.39 is 0 Å².